The number of hydrogen-bond donors (Lipinski definition) is 1. The van der Waals surface area contributed by atoms with Gasteiger partial charge in [-0.1, -0.05) is 24.3 Å². The number of hydrogen-bond acceptors (Lipinski definition) is 2. The summed E-state index contributed by atoms with van der Waals surface area (Å²) in [4.78, 5) is 11.8. The first-order valence-corrected chi connectivity index (χ1v) is 4.72. The number of fused-ring (bicyclic) bond motifs is 3. The molecule has 0 aromatic heterocycles. The van der Waals surface area contributed by atoms with Crippen LogP contribution in [0.2, 0.25) is 0 Å². The van der Waals surface area contributed by atoms with Crippen molar-refractivity contribution in [3.8, 4) is 0 Å². The lowest BCUT2D eigenvalue weighted by molar-refractivity contribution is 0.0940. The minimum Gasteiger partial charge on any atom is -0.315 e. The molecule has 3 rings (SSSR count). The Morgan fingerprint density at radius 2 is 1.86 bits per heavy atom. The van der Waals surface area contributed by atoms with Crippen molar-refractivity contribution in [1.82, 2.24) is 5.32 Å². The van der Waals surface area contributed by atoms with Crippen LogP contribution in [0.1, 0.15) is 21.8 Å². The fourth-order valence-electron chi connectivity index (χ4n) is 2.53. The molecule has 0 amide bonds. The Morgan fingerprint density at radius 1 is 1.14 bits per heavy atom. The van der Waals surface area contributed by atoms with Gasteiger partial charge in [0, 0.05) is 30.5 Å². The molecule has 3 heteroatoms. The molecule has 1 aromatic rings. The second kappa shape index (κ2) is 3.37. The standard InChI is InChI=1S/C11H11NO.ClH/c13-11-8-4-2-1-3-7(8)9-5-12-6-10(9)11;/h1-4,9-10,12H,5-6H2;1H. The van der Waals surface area contributed by atoms with Crippen LogP contribution in [0, 0.1) is 5.92 Å². The average molecular weight is 210 g/mol. The molecule has 1 N–H and O–H groups in total. The number of carbonyl (C=O) groups is 1. The van der Waals surface area contributed by atoms with E-state index in [2.05, 4.69) is 11.4 Å². The molecule has 2 aliphatic rings. The van der Waals surface area contributed by atoms with Crippen molar-refractivity contribution in [2.75, 3.05) is 13.1 Å². The van der Waals surface area contributed by atoms with Gasteiger partial charge in [-0.15, -0.1) is 12.4 Å². The molecular weight excluding hydrogens is 198 g/mol. The predicted molar refractivity (Wildman–Crippen MR) is 57.1 cm³/mol. The van der Waals surface area contributed by atoms with Crippen molar-refractivity contribution in [1.29, 1.82) is 0 Å². The van der Waals surface area contributed by atoms with Gasteiger partial charge >= 0.3 is 0 Å². The Hall–Kier alpha value is -0.860. The van der Waals surface area contributed by atoms with Crippen molar-refractivity contribution in [3.05, 3.63) is 35.4 Å². The molecule has 0 radical (unpaired) electrons. The quantitative estimate of drug-likeness (QED) is 0.704. The van der Waals surface area contributed by atoms with E-state index in [1.807, 2.05) is 18.2 Å². The van der Waals surface area contributed by atoms with Gasteiger partial charge in [0.1, 0.15) is 0 Å². The smallest absolute Gasteiger partial charge is 0.168 e. The average Bonchev–Trinajstić information content (AvgIpc) is 2.72. The Bertz CT molecular complexity index is 377. The van der Waals surface area contributed by atoms with Crippen LogP contribution in [-0.4, -0.2) is 18.9 Å². The predicted octanol–water partition coefficient (Wildman–Crippen LogP) is 1.61. The van der Waals surface area contributed by atoms with E-state index in [9.17, 15) is 4.79 Å². The monoisotopic (exact) mass is 209 g/mol. The van der Waals surface area contributed by atoms with Gasteiger partial charge in [-0.25, -0.2) is 0 Å². The van der Waals surface area contributed by atoms with Crippen LogP contribution in [0.4, 0.5) is 0 Å². The van der Waals surface area contributed by atoms with E-state index in [0.717, 1.165) is 18.7 Å². The van der Waals surface area contributed by atoms with Crippen LogP contribution in [-0.2, 0) is 0 Å². The van der Waals surface area contributed by atoms with E-state index in [4.69, 9.17) is 0 Å². The third kappa shape index (κ3) is 1.11. The molecular formula is C11H12ClNO. The number of rotatable bonds is 0. The van der Waals surface area contributed by atoms with E-state index in [0.29, 0.717) is 11.7 Å². The molecule has 2 unspecified atom stereocenters. The van der Waals surface area contributed by atoms with E-state index in [1.165, 1.54) is 5.56 Å². The molecule has 14 heavy (non-hydrogen) atoms. The van der Waals surface area contributed by atoms with Crippen molar-refractivity contribution >= 4 is 18.2 Å². The summed E-state index contributed by atoms with van der Waals surface area (Å²) < 4.78 is 0. The Morgan fingerprint density at radius 3 is 2.71 bits per heavy atom. The maximum atomic E-state index is 11.8. The summed E-state index contributed by atoms with van der Waals surface area (Å²) in [5, 5.41) is 3.27. The van der Waals surface area contributed by atoms with E-state index in [1.54, 1.807) is 0 Å². The lowest BCUT2D eigenvalue weighted by atomic mass is 9.96. The summed E-state index contributed by atoms with van der Waals surface area (Å²) >= 11 is 0. The van der Waals surface area contributed by atoms with Gasteiger partial charge in [0.2, 0.25) is 0 Å². The van der Waals surface area contributed by atoms with Gasteiger partial charge in [-0.3, -0.25) is 4.79 Å². The second-order valence-corrected chi connectivity index (χ2v) is 3.82. The molecule has 1 heterocycles. The minimum absolute atomic E-state index is 0. The third-order valence-corrected chi connectivity index (χ3v) is 3.18. The fraction of sp³-hybridized carbons (Fsp3) is 0.364. The van der Waals surface area contributed by atoms with Gasteiger partial charge in [0.05, 0.1) is 0 Å². The molecule has 1 fully saturated rings. The molecule has 2 nitrogen and oxygen atoms in total. The summed E-state index contributed by atoms with van der Waals surface area (Å²) in [5.41, 5.74) is 2.21. The first-order valence-electron chi connectivity index (χ1n) is 4.72. The highest BCUT2D eigenvalue weighted by Crippen LogP contribution is 2.39. The molecule has 0 bridgehead atoms. The molecule has 74 valence electrons. The SMILES string of the molecule is Cl.O=C1c2ccccc2C2CNCC12. The largest absolute Gasteiger partial charge is 0.315 e. The lowest BCUT2D eigenvalue weighted by Crippen LogP contribution is -2.15. The third-order valence-electron chi connectivity index (χ3n) is 3.18. The number of halogens is 1. The maximum absolute atomic E-state index is 11.8. The van der Waals surface area contributed by atoms with Crippen molar-refractivity contribution < 1.29 is 4.79 Å². The van der Waals surface area contributed by atoms with Crippen LogP contribution in [0.5, 0.6) is 0 Å². The highest BCUT2D eigenvalue weighted by Gasteiger charge is 2.41. The molecule has 1 aliphatic carbocycles. The van der Waals surface area contributed by atoms with Gasteiger partial charge in [0.25, 0.3) is 0 Å². The summed E-state index contributed by atoms with van der Waals surface area (Å²) in [6.07, 6.45) is 0. The Labute approximate surface area is 89.1 Å². The zero-order valence-corrected chi connectivity index (χ0v) is 8.51. The number of carbonyl (C=O) groups excluding carboxylic acids is 1. The molecule has 1 aromatic carbocycles. The van der Waals surface area contributed by atoms with Crippen LogP contribution in [0.25, 0.3) is 0 Å². The number of benzene rings is 1. The van der Waals surface area contributed by atoms with Gasteiger partial charge < -0.3 is 5.32 Å². The number of nitrogens with one attached hydrogen (secondary N) is 1. The van der Waals surface area contributed by atoms with Crippen LogP contribution >= 0.6 is 12.4 Å². The topological polar surface area (TPSA) is 29.1 Å². The molecule has 1 aliphatic heterocycles. The first-order chi connectivity index (χ1) is 6.38. The summed E-state index contributed by atoms with van der Waals surface area (Å²) in [5.74, 6) is 1.01. The minimum atomic E-state index is 0. The second-order valence-electron chi connectivity index (χ2n) is 3.82. The molecule has 0 spiro atoms. The van der Waals surface area contributed by atoms with Crippen molar-refractivity contribution in [2.24, 2.45) is 5.92 Å². The van der Waals surface area contributed by atoms with E-state index >= 15 is 0 Å². The summed E-state index contributed by atoms with van der Waals surface area (Å²) in [6, 6.07) is 8.01. The molecule has 1 saturated heterocycles. The van der Waals surface area contributed by atoms with Crippen LogP contribution < -0.4 is 5.32 Å². The fourth-order valence-corrected chi connectivity index (χ4v) is 2.53. The summed E-state index contributed by atoms with van der Waals surface area (Å²) in [6.45, 7) is 1.82. The number of Topliss-reactive ketones (excluding diaryl/α,β-unsaturated/α-hetero) is 1. The van der Waals surface area contributed by atoms with Gasteiger partial charge in [-0.2, -0.15) is 0 Å². The number of ketones is 1. The highest BCUT2D eigenvalue weighted by molar-refractivity contribution is 6.03. The maximum Gasteiger partial charge on any atom is 0.168 e. The first kappa shape index (κ1) is 9.69. The van der Waals surface area contributed by atoms with Gasteiger partial charge in [-0.05, 0) is 5.56 Å². The Kier molecular flexibility index (Phi) is 2.33. The highest BCUT2D eigenvalue weighted by atomic mass is 35.5. The Balaban J connectivity index is 0.000000750. The normalized spacial score (nSPS) is 28.1. The van der Waals surface area contributed by atoms with Crippen LogP contribution in [0.3, 0.4) is 0 Å². The zero-order chi connectivity index (χ0) is 8.84. The van der Waals surface area contributed by atoms with E-state index < -0.39 is 0 Å². The zero-order valence-electron chi connectivity index (χ0n) is 7.69. The van der Waals surface area contributed by atoms with Crippen molar-refractivity contribution in [2.45, 2.75) is 5.92 Å². The lowest BCUT2D eigenvalue weighted by Gasteiger charge is -2.05. The van der Waals surface area contributed by atoms with Gasteiger partial charge in [0.15, 0.2) is 5.78 Å². The molecule has 0 saturated carbocycles. The molecule has 2 atom stereocenters. The van der Waals surface area contributed by atoms with Crippen molar-refractivity contribution in [3.63, 3.8) is 0 Å². The van der Waals surface area contributed by atoms with Crippen LogP contribution in [0.15, 0.2) is 24.3 Å². The van der Waals surface area contributed by atoms with E-state index in [-0.39, 0.29) is 18.3 Å². The summed E-state index contributed by atoms with van der Waals surface area (Å²) in [7, 11) is 0.